The molecule has 5 aliphatic rings. The molecule has 3 heterocycles. The number of sulfonamides is 1. The summed E-state index contributed by atoms with van der Waals surface area (Å²) in [5, 5.41) is 1.24. The number of carbonyl (C=O) groups is 4. The molecule has 52 heavy (non-hydrogen) atoms. The first-order chi connectivity index (χ1) is 25.0. The molecule has 3 saturated carbocycles. The number of nitrogens with one attached hydrogen (secondary N) is 1. The number of aromatic nitrogens is 1. The first-order valence-corrected chi connectivity index (χ1v) is 20.7. The summed E-state index contributed by atoms with van der Waals surface area (Å²) >= 11 is 0. The Labute approximate surface area is 306 Å². The second kappa shape index (κ2) is 14.9. The maximum atomic E-state index is 14.8. The van der Waals surface area contributed by atoms with E-state index in [0.717, 1.165) is 67.7 Å². The minimum Gasteiger partial charge on any atom is -0.472 e. The van der Waals surface area contributed by atoms with Crippen molar-refractivity contribution in [3.8, 4) is 5.88 Å². The lowest BCUT2D eigenvalue weighted by atomic mass is 9.77. The zero-order chi connectivity index (χ0) is 36.6. The Morgan fingerprint density at radius 2 is 1.87 bits per heavy atom. The fourth-order valence-electron chi connectivity index (χ4n) is 8.75. The molecule has 6 atom stereocenters. The van der Waals surface area contributed by atoms with Crippen LogP contribution in [0.1, 0.15) is 96.0 Å². The highest BCUT2D eigenvalue weighted by atomic mass is 32.2. The summed E-state index contributed by atoms with van der Waals surface area (Å²) in [5.41, 5.74) is -0.117. The van der Waals surface area contributed by atoms with Gasteiger partial charge in [-0.3, -0.25) is 23.9 Å². The van der Waals surface area contributed by atoms with Crippen LogP contribution in [0.3, 0.4) is 0 Å². The van der Waals surface area contributed by atoms with Crippen LogP contribution in [0.15, 0.2) is 43.1 Å². The molecule has 2 amide bonds. The van der Waals surface area contributed by atoms with Crippen LogP contribution in [0.25, 0.3) is 10.8 Å². The van der Waals surface area contributed by atoms with Gasteiger partial charge in [0.2, 0.25) is 27.7 Å². The van der Waals surface area contributed by atoms with E-state index in [0.29, 0.717) is 25.1 Å². The lowest BCUT2D eigenvalue weighted by molar-refractivity contribution is -0.153. The molecule has 4 bridgehead atoms. The summed E-state index contributed by atoms with van der Waals surface area (Å²) in [4.78, 5) is 62.4. The first-order valence-electron chi connectivity index (χ1n) is 19.2. The lowest BCUT2D eigenvalue weighted by Gasteiger charge is -2.34. The van der Waals surface area contributed by atoms with Crippen LogP contribution in [0.5, 0.6) is 5.88 Å². The van der Waals surface area contributed by atoms with Crippen LogP contribution in [0, 0.1) is 29.1 Å². The van der Waals surface area contributed by atoms with Crippen molar-refractivity contribution in [2.75, 3.05) is 13.2 Å². The quantitative estimate of drug-likeness (QED) is 0.276. The highest BCUT2D eigenvalue weighted by Gasteiger charge is 2.61. The second-order valence-electron chi connectivity index (χ2n) is 16.1. The summed E-state index contributed by atoms with van der Waals surface area (Å²) in [6.45, 7) is 6.30. The molecule has 4 fully saturated rings. The Kier molecular flexibility index (Phi) is 10.5. The van der Waals surface area contributed by atoms with Gasteiger partial charge >= 0.3 is 5.97 Å². The van der Waals surface area contributed by atoms with Gasteiger partial charge in [-0.25, -0.2) is 13.4 Å². The fraction of sp³-hybridized carbons (Fsp3) is 0.625. The molecule has 11 nitrogen and oxygen atoms in total. The minimum absolute atomic E-state index is 0.0241. The van der Waals surface area contributed by atoms with Crippen molar-refractivity contribution >= 4 is 44.4 Å². The first kappa shape index (κ1) is 36.6. The summed E-state index contributed by atoms with van der Waals surface area (Å²) in [6, 6.07) is 7.24. The number of benzene rings is 1. The Morgan fingerprint density at radius 1 is 1.08 bits per heavy atom. The number of esters is 1. The molecule has 7 rings (SSSR count). The topological polar surface area (TPSA) is 149 Å². The van der Waals surface area contributed by atoms with Gasteiger partial charge in [0.1, 0.15) is 6.10 Å². The molecule has 280 valence electrons. The van der Waals surface area contributed by atoms with Crippen molar-refractivity contribution in [2.24, 2.45) is 29.1 Å². The van der Waals surface area contributed by atoms with Crippen molar-refractivity contribution in [2.45, 2.75) is 114 Å². The van der Waals surface area contributed by atoms with Gasteiger partial charge in [0.25, 0.3) is 0 Å². The van der Waals surface area contributed by atoms with E-state index < -0.39 is 50.6 Å². The van der Waals surface area contributed by atoms with E-state index in [1.165, 1.54) is 0 Å². The van der Waals surface area contributed by atoms with E-state index in [2.05, 4.69) is 35.3 Å². The number of fused-ring (bicyclic) bond motifs is 3. The third-order valence-corrected chi connectivity index (χ3v) is 14.0. The summed E-state index contributed by atoms with van der Waals surface area (Å²) in [7, 11) is -3.83. The zero-order valence-corrected chi connectivity index (χ0v) is 30.9. The van der Waals surface area contributed by atoms with Crippen molar-refractivity contribution in [3.63, 3.8) is 0 Å². The standard InChI is InChI=1S/C40H51N3O8S/c1-3-29-21-40(29,39(47)42-52(48,49)31-14-15-31)22-35(44)34-19-30-23-43(34)38(46)33(27-10-5-4-6-11-27)20-36(45)50-24-25(2)8-7-9-26-12-13-28-16-17-41-37(51-30)32(28)18-26/h3,12-13,16-18,25,27,29-31,33-34H,1,4-11,14-15,19-24H2,2H3,(H,42,47)/t25-,29+,30-,33+,34+,40-/m1/s1. The van der Waals surface area contributed by atoms with Gasteiger partial charge in [0, 0.05) is 24.4 Å². The molecule has 2 aromatic rings. The number of allylic oxidation sites excluding steroid dienone is 1. The van der Waals surface area contributed by atoms with E-state index in [9.17, 15) is 27.6 Å². The summed E-state index contributed by atoms with van der Waals surface area (Å²) < 4.78 is 40.1. The maximum Gasteiger partial charge on any atom is 0.306 e. The molecule has 3 aliphatic carbocycles. The number of nitrogens with zero attached hydrogens (tertiary/aromatic N) is 2. The molecule has 0 radical (unpaired) electrons. The highest BCUT2D eigenvalue weighted by molar-refractivity contribution is 7.90. The largest absolute Gasteiger partial charge is 0.472 e. The predicted molar refractivity (Wildman–Crippen MR) is 194 cm³/mol. The van der Waals surface area contributed by atoms with Crippen LogP contribution in [-0.2, 0) is 40.4 Å². The van der Waals surface area contributed by atoms with E-state index >= 15 is 0 Å². The van der Waals surface area contributed by atoms with Gasteiger partial charge in [-0.15, -0.1) is 6.58 Å². The number of ether oxygens (including phenoxy) is 2. The van der Waals surface area contributed by atoms with E-state index in [1.807, 2.05) is 12.1 Å². The molecule has 1 aromatic carbocycles. The number of aryl methyl sites for hydroxylation is 1. The molecule has 0 spiro atoms. The van der Waals surface area contributed by atoms with E-state index in [4.69, 9.17) is 9.47 Å². The third kappa shape index (κ3) is 7.77. The molecule has 2 aliphatic heterocycles. The Balaban J connectivity index is 1.21. The zero-order valence-electron chi connectivity index (χ0n) is 30.1. The number of cyclic esters (lactones) is 1. The normalized spacial score (nSPS) is 30.6. The minimum atomic E-state index is -3.83. The van der Waals surface area contributed by atoms with Crippen molar-refractivity contribution in [1.29, 1.82) is 0 Å². The smallest absolute Gasteiger partial charge is 0.306 e. The number of pyridine rings is 1. The third-order valence-electron chi connectivity index (χ3n) is 12.2. The Hall–Kier alpha value is -3.80. The van der Waals surface area contributed by atoms with Gasteiger partial charge in [-0.1, -0.05) is 44.4 Å². The molecule has 12 heteroatoms. The summed E-state index contributed by atoms with van der Waals surface area (Å²) in [6.07, 6.45) is 11.2. The number of amides is 2. The van der Waals surface area contributed by atoms with Crippen LogP contribution < -0.4 is 9.46 Å². The van der Waals surface area contributed by atoms with E-state index in [1.54, 1.807) is 17.2 Å². The number of carbonyl (C=O) groups excluding carboxylic acids is 4. The molecule has 1 saturated heterocycles. The van der Waals surface area contributed by atoms with Crippen LogP contribution >= 0.6 is 0 Å². The molecule has 1 aromatic heterocycles. The average Bonchev–Trinajstić information content (AvgIpc) is 4.06. The Morgan fingerprint density at radius 3 is 2.60 bits per heavy atom. The van der Waals surface area contributed by atoms with Crippen molar-refractivity contribution in [1.82, 2.24) is 14.6 Å². The number of hydrogen-bond donors (Lipinski definition) is 1. The SMILES string of the molecule is C=C[C@H]1C[C@]1(CC(=O)[C@@H]1C[C@@H]2CN1C(=O)[C@H](C1CCCCC1)CC(=O)OC[C@H](C)CCCc1ccc3ccnc(c3c1)O2)C(=O)NS(=O)(=O)C1CC1. The van der Waals surface area contributed by atoms with Crippen LogP contribution in [0.2, 0.25) is 0 Å². The molecular formula is C40H51N3O8S. The number of hydrogen-bond acceptors (Lipinski definition) is 9. The van der Waals surface area contributed by atoms with Gasteiger partial charge in [-0.05, 0) is 92.2 Å². The van der Waals surface area contributed by atoms with Crippen molar-refractivity contribution in [3.05, 3.63) is 48.7 Å². The monoisotopic (exact) mass is 733 g/mol. The van der Waals surface area contributed by atoms with Crippen molar-refractivity contribution < 1.29 is 37.1 Å². The molecule has 0 unspecified atom stereocenters. The number of ketones is 1. The number of Topliss-reactive ketones (excluding diaryl/α,β-unsaturated/α-hetero) is 1. The molecular weight excluding hydrogens is 683 g/mol. The fourth-order valence-corrected chi connectivity index (χ4v) is 10.1. The van der Waals surface area contributed by atoms with Gasteiger partial charge in [0.05, 0.1) is 42.2 Å². The predicted octanol–water partition coefficient (Wildman–Crippen LogP) is 5.45. The van der Waals surface area contributed by atoms with Gasteiger partial charge < -0.3 is 14.4 Å². The summed E-state index contributed by atoms with van der Waals surface area (Å²) in [5.74, 6) is -2.17. The Bertz CT molecular complexity index is 1840. The average molecular weight is 734 g/mol. The second-order valence-corrected chi connectivity index (χ2v) is 18.0. The van der Waals surface area contributed by atoms with E-state index in [-0.39, 0.29) is 61.9 Å². The lowest BCUT2D eigenvalue weighted by Crippen LogP contribution is -2.48. The van der Waals surface area contributed by atoms with Crippen LogP contribution in [-0.4, -0.2) is 72.4 Å². The number of rotatable bonds is 8. The highest BCUT2D eigenvalue weighted by Crippen LogP contribution is 2.57. The van der Waals surface area contributed by atoms with Crippen LogP contribution in [0.4, 0.5) is 0 Å². The maximum absolute atomic E-state index is 14.8. The van der Waals surface area contributed by atoms with Gasteiger partial charge in [-0.2, -0.15) is 0 Å². The molecule has 1 N–H and O–H groups in total. The van der Waals surface area contributed by atoms with Gasteiger partial charge in [0.15, 0.2) is 5.78 Å².